The average molecular weight is 434 g/mol. The van der Waals surface area contributed by atoms with Crippen LogP contribution in [0.1, 0.15) is 36.2 Å². The molecule has 1 aromatic carbocycles. The molecule has 2 unspecified atom stereocenters. The molecule has 2 aliphatic rings. The van der Waals surface area contributed by atoms with Crippen molar-refractivity contribution in [1.82, 2.24) is 25.3 Å². The molecule has 4 rings (SSSR count). The second-order valence-electron chi connectivity index (χ2n) is 7.80. The maximum absolute atomic E-state index is 13.0. The SMILES string of the molecule is Cl.O=C(NCC1CCCN(C(=O)c2nn(-c3ccccc3)cc2O)C1)C1CCCN1. The maximum atomic E-state index is 13.0. The van der Waals surface area contributed by atoms with Gasteiger partial charge in [-0.1, -0.05) is 18.2 Å². The molecule has 2 aromatic rings. The number of likely N-dealkylation sites (tertiary alicyclic amines) is 1. The van der Waals surface area contributed by atoms with Crippen molar-refractivity contribution in [3.63, 3.8) is 0 Å². The van der Waals surface area contributed by atoms with Crippen molar-refractivity contribution in [2.24, 2.45) is 5.92 Å². The summed E-state index contributed by atoms with van der Waals surface area (Å²) in [5, 5.41) is 20.8. The van der Waals surface area contributed by atoms with Gasteiger partial charge in [-0.2, -0.15) is 5.10 Å². The van der Waals surface area contributed by atoms with E-state index in [1.54, 1.807) is 4.90 Å². The molecular formula is C21H28ClN5O3. The summed E-state index contributed by atoms with van der Waals surface area (Å²) < 4.78 is 1.51. The minimum absolute atomic E-state index is 0. The van der Waals surface area contributed by atoms with E-state index in [0.29, 0.717) is 19.6 Å². The molecule has 0 bridgehead atoms. The predicted octanol–water partition coefficient (Wildman–Crippen LogP) is 1.72. The number of carbonyl (C=O) groups is 2. The Labute approximate surface area is 182 Å². The van der Waals surface area contributed by atoms with E-state index in [9.17, 15) is 14.7 Å². The molecule has 2 atom stereocenters. The molecule has 1 aromatic heterocycles. The average Bonchev–Trinajstić information content (AvgIpc) is 3.42. The summed E-state index contributed by atoms with van der Waals surface area (Å²) in [7, 11) is 0. The number of aromatic nitrogens is 2. The number of carbonyl (C=O) groups excluding carboxylic acids is 2. The van der Waals surface area contributed by atoms with Gasteiger partial charge in [-0.25, -0.2) is 4.68 Å². The van der Waals surface area contributed by atoms with Crippen LogP contribution in [0.4, 0.5) is 0 Å². The molecule has 3 N–H and O–H groups in total. The monoisotopic (exact) mass is 433 g/mol. The van der Waals surface area contributed by atoms with E-state index >= 15 is 0 Å². The quantitative estimate of drug-likeness (QED) is 0.666. The van der Waals surface area contributed by atoms with Gasteiger partial charge in [0.2, 0.25) is 5.91 Å². The Morgan fingerprint density at radius 3 is 2.73 bits per heavy atom. The topological polar surface area (TPSA) is 99.5 Å². The van der Waals surface area contributed by atoms with E-state index in [1.165, 1.54) is 10.9 Å². The lowest BCUT2D eigenvalue weighted by Crippen LogP contribution is -2.46. The zero-order valence-corrected chi connectivity index (χ0v) is 17.6. The summed E-state index contributed by atoms with van der Waals surface area (Å²) in [4.78, 5) is 26.9. The Morgan fingerprint density at radius 2 is 2.00 bits per heavy atom. The summed E-state index contributed by atoms with van der Waals surface area (Å²) in [6.45, 7) is 2.63. The van der Waals surface area contributed by atoms with Gasteiger partial charge in [-0.05, 0) is 50.3 Å². The molecule has 30 heavy (non-hydrogen) atoms. The lowest BCUT2D eigenvalue weighted by molar-refractivity contribution is -0.123. The van der Waals surface area contributed by atoms with Crippen molar-refractivity contribution in [1.29, 1.82) is 0 Å². The standard InChI is InChI=1S/C21H27N5O3.ClH/c27-18-14-26(16-7-2-1-3-8-16)24-19(18)21(29)25-11-5-6-15(13-25)12-23-20(28)17-9-4-10-22-17;/h1-3,7-8,14-15,17,22,27H,4-6,9-13H2,(H,23,28);1H. The Balaban J connectivity index is 0.00000256. The van der Waals surface area contributed by atoms with Crippen LogP contribution in [0, 0.1) is 5.92 Å². The minimum atomic E-state index is -0.273. The van der Waals surface area contributed by atoms with Crippen molar-refractivity contribution in [2.75, 3.05) is 26.2 Å². The van der Waals surface area contributed by atoms with Gasteiger partial charge in [-0.3, -0.25) is 9.59 Å². The van der Waals surface area contributed by atoms with Crippen LogP contribution in [0.2, 0.25) is 0 Å². The molecule has 0 aliphatic carbocycles. The fourth-order valence-electron chi connectivity index (χ4n) is 4.07. The maximum Gasteiger partial charge on any atom is 0.278 e. The van der Waals surface area contributed by atoms with Gasteiger partial charge in [0.25, 0.3) is 5.91 Å². The third kappa shape index (κ3) is 4.94. The summed E-state index contributed by atoms with van der Waals surface area (Å²) >= 11 is 0. The molecule has 0 radical (unpaired) electrons. The van der Waals surface area contributed by atoms with E-state index in [2.05, 4.69) is 15.7 Å². The second kappa shape index (κ2) is 9.95. The molecule has 2 amide bonds. The Kier molecular flexibility index (Phi) is 7.33. The van der Waals surface area contributed by atoms with E-state index in [0.717, 1.165) is 37.9 Å². The van der Waals surface area contributed by atoms with Gasteiger partial charge < -0.3 is 20.6 Å². The van der Waals surface area contributed by atoms with E-state index < -0.39 is 0 Å². The predicted molar refractivity (Wildman–Crippen MR) is 115 cm³/mol. The van der Waals surface area contributed by atoms with Crippen LogP contribution in [0.15, 0.2) is 36.5 Å². The smallest absolute Gasteiger partial charge is 0.278 e. The molecule has 8 nitrogen and oxygen atoms in total. The van der Waals surface area contributed by atoms with Crippen molar-refractivity contribution in [3.05, 3.63) is 42.2 Å². The summed E-state index contributed by atoms with van der Waals surface area (Å²) in [6, 6.07) is 9.28. The van der Waals surface area contributed by atoms with Crippen LogP contribution in [0.3, 0.4) is 0 Å². The fourth-order valence-corrected chi connectivity index (χ4v) is 4.07. The Hall–Kier alpha value is -2.58. The second-order valence-corrected chi connectivity index (χ2v) is 7.80. The molecule has 0 saturated carbocycles. The summed E-state index contributed by atoms with van der Waals surface area (Å²) in [6.07, 6.45) is 5.20. The molecule has 2 fully saturated rings. The van der Waals surface area contributed by atoms with Gasteiger partial charge in [-0.15, -0.1) is 12.4 Å². The highest BCUT2D eigenvalue weighted by atomic mass is 35.5. The number of aromatic hydroxyl groups is 1. The number of rotatable bonds is 5. The lowest BCUT2D eigenvalue weighted by atomic mass is 9.97. The molecule has 162 valence electrons. The van der Waals surface area contributed by atoms with Crippen LogP contribution >= 0.6 is 12.4 Å². The first-order valence-corrected chi connectivity index (χ1v) is 10.3. The van der Waals surface area contributed by atoms with Crippen LogP contribution in [-0.2, 0) is 4.79 Å². The van der Waals surface area contributed by atoms with Crippen molar-refractivity contribution < 1.29 is 14.7 Å². The Bertz CT molecular complexity index is 867. The normalized spacial score (nSPS) is 21.1. The zero-order chi connectivity index (χ0) is 20.2. The highest BCUT2D eigenvalue weighted by Gasteiger charge is 2.29. The van der Waals surface area contributed by atoms with Gasteiger partial charge in [0.1, 0.15) is 0 Å². The highest BCUT2D eigenvalue weighted by molar-refractivity contribution is 5.95. The Morgan fingerprint density at radius 1 is 1.20 bits per heavy atom. The number of nitrogens with one attached hydrogen (secondary N) is 2. The summed E-state index contributed by atoms with van der Waals surface area (Å²) in [5.41, 5.74) is 0.843. The fraction of sp³-hybridized carbons (Fsp3) is 0.476. The molecule has 2 aliphatic heterocycles. The number of hydrogen-bond acceptors (Lipinski definition) is 5. The van der Waals surface area contributed by atoms with Crippen LogP contribution in [0.25, 0.3) is 5.69 Å². The van der Waals surface area contributed by atoms with Gasteiger partial charge in [0.05, 0.1) is 17.9 Å². The van der Waals surface area contributed by atoms with Crippen molar-refractivity contribution in [3.8, 4) is 11.4 Å². The third-order valence-electron chi connectivity index (χ3n) is 5.67. The first kappa shape index (κ1) is 22.1. The largest absolute Gasteiger partial charge is 0.504 e. The molecule has 9 heteroatoms. The zero-order valence-electron chi connectivity index (χ0n) is 16.8. The lowest BCUT2D eigenvalue weighted by Gasteiger charge is -2.32. The van der Waals surface area contributed by atoms with Crippen molar-refractivity contribution in [2.45, 2.75) is 31.7 Å². The number of piperidine rings is 1. The number of hydrogen-bond donors (Lipinski definition) is 3. The van der Waals surface area contributed by atoms with E-state index in [-0.39, 0.29) is 47.6 Å². The number of para-hydroxylation sites is 1. The summed E-state index contributed by atoms with van der Waals surface area (Å²) in [5.74, 6) is -0.145. The number of benzene rings is 1. The van der Waals surface area contributed by atoms with Crippen LogP contribution in [0.5, 0.6) is 5.75 Å². The van der Waals surface area contributed by atoms with Crippen molar-refractivity contribution >= 4 is 24.2 Å². The first-order valence-electron chi connectivity index (χ1n) is 10.3. The van der Waals surface area contributed by atoms with Gasteiger partial charge >= 0.3 is 0 Å². The van der Waals surface area contributed by atoms with Gasteiger partial charge in [0.15, 0.2) is 11.4 Å². The molecule has 2 saturated heterocycles. The molecule has 0 spiro atoms. The number of halogens is 1. The number of amides is 2. The third-order valence-corrected chi connectivity index (χ3v) is 5.67. The van der Waals surface area contributed by atoms with E-state index in [1.807, 2.05) is 30.3 Å². The number of nitrogens with zero attached hydrogens (tertiary/aromatic N) is 3. The highest BCUT2D eigenvalue weighted by Crippen LogP contribution is 2.23. The van der Waals surface area contributed by atoms with E-state index in [4.69, 9.17) is 0 Å². The first-order chi connectivity index (χ1) is 14.1. The van der Waals surface area contributed by atoms with Crippen LogP contribution < -0.4 is 10.6 Å². The van der Waals surface area contributed by atoms with Gasteiger partial charge in [0, 0.05) is 19.6 Å². The molecular weight excluding hydrogens is 406 g/mol. The van der Waals surface area contributed by atoms with Crippen LogP contribution in [-0.4, -0.2) is 63.8 Å². The molecule has 3 heterocycles. The minimum Gasteiger partial charge on any atom is -0.504 e.